The van der Waals surface area contributed by atoms with Crippen LogP contribution in [-0.4, -0.2) is 6.21 Å². The fourth-order valence-corrected chi connectivity index (χ4v) is 1.48. The summed E-state index contributed by atoms with van der Waals surface area (Å²) in [6.45, 7) is 3.96. The molecule has 0 radical (unpaired) electrons. The predicted molar refractivity (Wildman–Crippen MR) is 52.7 cm³/mol. The summed E-state index contributed by atoms with van der Waals surface area (Å²) in [7, 11) is 0. The summed E-state index contributed by atoms with van der Waals surface area (Å²) in [5.41, 5.74) is 2.22. The highest BCUT2D eigenvalue weighted by molar-refractivity contribution is 9.10. The molecule has 58 valence electrons. The van der Waals surface area contributed by atoms with Crippen molar-refractivity contribution in [3.63, 3.8) is 0 Å². The lowest BCUT2D eigenvalue weighted by atomic mass is 10.2. The molecular weight excluding hydrogens is 202 g/mol. The van der Waals surface area contributed by atoms with Crippen LogP contribution >= 0.6 is 15.9 Å². The number of halogens is 1. The molecule has 1 aromatic rings. The lowest BCUT2D eigenvalue weighted by Gasteiger charge is -2.00. The van der Waals surface area contributed by atoms with Crippen molar-refractivity contribution in [1.29, 1.82) is 0 Å². The van der Waals surface area contributed by atoms with Crippen LogP contribution in [0, 0.1) is 6.92 Å². The zero-order chi connectivity index (χ0) is 8.27. The van der Waals surface area contributed by atoms with E-state index in [1.165, 1.54) is 5.56 Å². The average molecular weight is 212 g/mol. The molecule has 0 aliphatic heterocycles. The van der Waals surface area contributed by atoms with Crippen LogP contribution in [-0.2, 0) is 0 Å². The smallest absolute Gasteiger partial charge is 0.0796 e. The highest BCUT2D eigenvalue weighted by Crippen LogP contribution is 2.28. The fraction of sp³-hybridized carbons (Fsp3) is 0.222. The zero-order valence-corrected chi connectivity index (χ0v) is 8.22. The van der Waals surface area contributed by atoms with Gasteiger partial charge in [-0.25, -0.2) is 0 Å². The van der Waals surface area contributed by atoms with Gasteiger partial charge in [-0.15, -0.1) is 0 Å². The van der Waals surface area contributed by atoms with Gasteiger partial charge in [0.25, 0.3) is 0 Å². The molecule has 2 heteroatoms. The van der Waals surface area contributed by atoms with Gasteiger partial charge in [0, 0.05) is 10.7 Å². The van der Waals surface area contributed by atoms with Crippen LogP contribution in [0.15, 0.2) is 27.7 Å². The maximum absolute atomic E-state index is 4.23. The third-order valence-corrected chi connectivity index (χ3v) is 2.09. The van der Waals surface area contributed by atoms with Gasteiger partial charge in [0.15, 0.2) is 0 Å². The number of rotatable bonds is 1. The topological polar surface area (TPSA) is 12.4 Å². The maximum Gasteiger partial charge on any atom is 0.0796 e. The number of benzene rings is 1. The summed E-state index contributed by atoms with van der Waals surface area (Å²) in [5, 5.41) is 0. The molecule has 0 fully saturated rings. The molecule has 0 heterocycles. The minimum Gasteiger partial charge on any atom is -0.260 e. The second kappa shape index (κ2) is 3.67. The Hall–Kier alpha value is -0.630. The molecule has 1 aromatic carbocycles. The van der Waals surface area contributed by atoms with E-state index in [0.29, 0.717) is 0 Å². The number of hydrogen-bond donors (Lipinski definition) is 0. The van der Waals surface area contributed by atoms with Gasteiger partial charge in [-0.05, 0) is 41.4 Å². The Labute approximate surface area is 75.3 Å². The van der Waals surface area contributed by atoms with Crippen molar-refractivity contribution >= 4 is 27.8 Å². The van der Waals surface area contributed by atoms with Crippen LogP contribution in [0.5, 0.6) is 0 Å². The van der Waals surface area contributed by atoms with Crippen LogP contribution in [0.1, 0.15) is 12.5 Å². The van der Waals surface area contributed by atoms with E-state index in [2.05, 4.69) is 20.9 Å². The van der Waals surface area contributed by atoms with Crippen molar-refractivity contribution in [1.82, 2.24) is 0 Å². The molecule has 1 nitrogen and oxygen atoms in total. The number of para-hydroxylation sites is 1. The molecule has 0 N–H and O–H groups in total. The third-order valence-electron chi connectivity index (χ3n) is 1.45. The first-order chi connectivity index (χ1) is 5.25. The van der Waals surface area contributed by atoms with Gasteiger partial charge >= 0.3 is 0 Å². The van der Waals surface area contributed by atoms with Crippen LogP contribution in [0.4, 0.5) is 5.69 Å². The molecule has 11 heavy (non-hydrogen) atoms. The van der Waals surface area contributed by atoms with Gasteiger partial charge < -0.3 is 0 Å². The van der Waals surface area contributed by atoms with E-state index in [1.54, 1.807) is 6.21 Å². The number of aliphatic imine (C=N–C) groups is 1. The first-order valence-electron chi connectivity index (χ1n) is 3.49. The highest BCUT2D eigenvalue weighted by Gasteiger charge is 1.98. The normalized spacial score (nSPS) is 10.8. The van der Waals surface area contributed by atoms with E-state index >= 15 is 0 Å². The van der Waals surface area contributed by atoms with Crippen LogP contribution < -0.4 is 0 Å². The van der Waals surface area contributed by atoms with Crippen molar-refractivity contribution in [3.8, 4) is 0 Å². The molecule has 0 saturated heterocycles. The van der Waals surface area contributed by atoms with Crippen LogP contribution in [0.2, 0.25) is 0 Å². The molecule has 0 bridgehead atoms. The minimum atomic E-state index is 1.02. The van der Waals surface area contributed by atoms with E-state index in [1.807, 2.05) is 32.0 Å². The molecule has 0 atom stereocenters. The lowest BCUT2D eigenvalue weighted by Crippen LogP contribution is -1.75. The Balaban J connectivity index is 3.20. The van der Waals surface area contributed by atoms with Crippen molar-refractivity contribution in [2.45, 2.75) is 13.8 Å². The van der Waals surface area contributed by atoms with E-state index < -0.39 is 0 Å². The first-order valence-corrected chi connectivity index (χ1v) is 4.29. The SMILES string of the molecule is CC=Nc1c(C)cccc1Br. The Morgan fingerprint density at radius 3 is 2.73 bits per heavy atom. The van der Waals surface area contributed by atoms with Gasteiger partial charge in [-0.3, -0.25) is 4.99 Å². The minimum absolute atomic E-state index is 1.02. The molecule has 0 aliphatic carbocycles. The Morgan fingerprint density at radius 1 is 1.45 bits per heavy atom. The molecule has 0 aliphatic rings. The molecule has 0 unspecified atom stereocenters. The Kier molecular flexibility index (Phi) is 2.83. The van der Waals surface area contributed by atoms with E-state index in [0.717, 1.165) is 10.2 Å². The van der Waals surface area contributed by atoms with Crippen LogP contribution in [0.3, 0.4) is 0 Å². The van der Waals surface area contributed by atoms with Crippen molar-refractivity contribution < 1.29 is 0 Å². The standard InChI is InChI=1S/C9H10BrN/c1-3-11-9-7(2)5-4-6-8(9)10/h3-6H,1-2H3. The maximum atomic E-state index is 4.23. The highest BCUT2D eigenvalue weighted by atomic mass is 79.9. The third kappa shape index (κ3) is 1.90. The second-order valence-electron chi connectivity index (χ2n) is 2.29. The summed E-state index contributed by atoms with van der Waals surface area (Å²) in [4.78, 5) is 4.23. The summed E-state index contributed by atoms with van der Waals surface area (Å²) >= 11 is 3.43. The molecular formula is C9H10BrN. The second-order valence-corrected chi connectivity index (χ2v) is 3.15. The molecule has 0 saturated carbocycles. The van der Waals surface area contributed by atoms with Gasteiger partial charge in [0.2, 0.25) is 0 Å². The van der Waals surface area contributed by atoms with Crippen molar-refractivity contribution in [2.24, 2.45) is 4.99 Å². The average Bonchev–Trinajstić information content (AvgIpc) is 1.97. The molecule has 1 rings (SSSR count). The quantitative estimate of drug-likeness (QED) is 0.632. The molecule has 0 spiro atoms. The zero-order valence-electron chi connectivity index (χ0n) is 6.63. The van der Waals surface area contributed by atoms with Crippen molar-refractivity contribution in [2.75, 3.05) is 0 Å². The molecule has 0 aromatic heterocycles. The number of aryl methyl sites for hydroxylation is 1. The summed E-state index contributed by atoms with van der Waals surface area (Å²) in [6, 6.07) is 6.05. The number of hydrogen-bond acceptors (Lipinski definition) is 1. The van der Waals surface area contributed by atoms with Crippen LogP contribution in [0.25, 0.3) is 0 Å². The first kappa shape index (κ1) is 8.47. The Morgan fingerprint density at radius 2 is 2.18 bits per heavy atom. The summed E-state index contributed by atoms with van der Waals surface area (Å²) < 4.78 is 1.05. The van der Waals surface area contributed by atoms with Gasteiger partial charge in [0.05, 0.1) is 5.69 Å². The molecule has 0 amide bonds. The van der Waals surface area contributed by atoms with Gasteiger partial charge in [0.1, 0.15) is 0 Å². The lowest BCUT2D eigenvalue weighted by molar-refractivity contribution is 1.38. The van der Waals surface area contributed by atoms with E-state index in [9.17, 15) is 0 Å². The largest absolute Gasteiger partial charge is 0.260 e. The predicted octanol–water partition coefficient (Wildman–Crippen LogP) is 3.48. The number of nitrogens with zero attached hydrogens (tertiary/aromatic N) is 1. The van der Waals surface area contributed by atoms with Gasteiger partial charge in [-0.1, -0.05) is 12.1 Å². The van der Waals surface area contributed by atoms with E-state index in [-0.39, 0.29) is 0 Å². The van der Waals surface area contributed by atoms with E-state index in [4.69, 9.17) is 0 Å². The van der Waals surface area contributed by atoms with Crippen molar-refractivity contribution in [3.05, 3.63) is 28.2 Å². The fourth-order valence-electron chi connectivity index (χ4n) is 0.916. The summed E-state index contributed by atoms with van der Waals surface area (Å²) in [5.74, 6) is 0. The monoisotopic (exact) mass is 211 g/mol. The van der Waals surface area contributed by atoms with Gasteiger partial charge in [-0.2, -0.15) is 0 Å². The summed E-state index contributed by atoms with van der Waals surface area (Å²) in [6.07, 6.45) is 1.80. The Bertz CT molecular complexity index is 259.